The third-order valence-corrected chi connectivity index (χ3v) is 3.12. The van der Waals surface area contributed by atoms with Gasteiger partial charge in [-0.25, -0.2) is 9.78 Å². The van der Waals surface area contributed by atoms with Crippen molar-refractivity contribution in [3.05, 3.63) is 39.5 Å². The van der Waals surface area contributed by atoms with Crippen LogP contribution in [0, 0.1) is 6.92 Å². The third-order valence-electron chi connectivity index (χ3n) is 2.38. The minimum Gasteiger partial charge on any atom is -0.356 e. The molecule has 0 saturated carbocycles. The number of rotatable bonds is 4. The van der Waals surface area contributed by atoms with E-state index in [2.05, 4.69) is 10.0 Å². The second-order valence-electron chi connectivity index (χ2n) is 3.66. The van der Waals surface area contributed by atoms with Crippen molar-refractivity contribution in [2.75, 3.05) is 7.11 Å². The second kappa shape index (κ2) is 5.71. The monoisotopic (exact) mass is 287 g/mol. The van der Waals surface area contributed by atoms with Gasteiger partial charge in [0.2, 0.25) is 0 Å². The molecule has 2 aromatic rings. The van der Waals surface area contributed by atoms with Crippen LogP contribution in [0.15, 0.2) is 22.7 Å². The molecule has 0 atom stereocenters. The summed E-state index contributed by atoms with van der Waals surface area (Å²) in [6.07, 6.45) is 0. The van der Waals surface area contributed by atoms with E-state index in [1.165, 1.54) is 7.11 Å². The minimum atomic E-state index is 0.229. The van der Waals surface area contributed by atoms with Crippen LogP contribution in [-0.2, 0) is 16.4 Å². The molecule has 0 amide bonds. The Morgan fingerprint density at radius 1 is 1.33 bits per heavy atom. The maximum absolute atomic E-state index is 6.29. The van der Waals surface area contributed by atoms with E-state index >= 15 is 0 Å². The van der Waals surface area contributed by atoms with Crippen LogP contribution >= 0.6 is 23.2 Å². The number of nitrogens with zero attached hydrogens (tertiary/aromatic N) is 1. The molecule has 0 radical (unpaired) electrons. The highest BCUT2D eigenvalue weighted by Gasteiger charge is 2.16. The van der Waals surface area contributed by atoms with E-state index in [9.17, 15) is 0 Å². The molecule has 0 saturated heterocycles. The van der Waals surface area contributed by atoms with E-state index in [4.69, 9.17) is 32.6 Å². The van der Waals surface area contributed by atoms with E-state index in [0.29, 0.717) is 21.4 Å². The highest BCUT2D eigenvalue weighted by Crippen LogP contribution is 2.37. The largest absolute Gasteiger partial charge is 0.356 e. The average Bonchev–Trinajstić information content (AvgIpc) is 2.75. The predicted octanol–water partition coefficient (Wildman–Crippen LogP) is 4.03. The van der Waals surface area contributed by atoms with Crippen molar-refractivity contribution in [2.45, 2.75) is 13.5 Å². The van der Waals surface area contributed by atoms with E-state index in [1.807, 2.05) is 6.92 Å². The average molecular weight is 288 g/mol. The zero-order valence-corrected chi connectivity index (χ0v) is 11.4. The fraction of sp³-hybridized carbons (Fsp3) is 0.250. The smallest absolute Gasteiger partial charge is 0.170 e. The topological polar surface area (TPSA) is 44.5 Å². The van der Waals surface area contributed by atoms with Crippen molar-refractivity contribution in [1.82, 2.24) is 5.16 Å². The molecule has 96 valence electrons. The molecule has 1 heterocycles. The van der Waals surface area contributed by atoms with Crippen LogP contribution in [0.3, 0.4) is 0 Å². The Hall–Kier alpha value is -1.07. The van der Waals surface area contributed by atoms with Crippen molar-refractivity contribution in [1.29, 1.82) is 0 Å². The first-order valence-electron chi connectivity index (χ1n) is 5.19. The van der Waals surface area contributed by atoms with Crippen molar-refractivity contribution in [3.63, 3.8) is 0 Å². The SMILES string of the molecule is COOCc1ccc(Cl)c(-c2cc(C)no2)c1Cl. The summed E-state index contributed by atoms with van der Waals surface area (Å²) in [6, 6.07) is 5.28. The fourth-order valence-electron chi connectivity index (χ4n) is 1.54. The summed E-state index contributed by atoms with van der Waals surface area (Å²) >= 11 is 12.4. The molecule has 18 heavy (non-hydrogen) atoms. The summed E-state index contributed by atoms with van der Waals surface area (Å²) < 4.78 is 5.18. The number of hydrogen-bond acceptors (Lipinski definition) is 4. The van der Waals surface area contributed by atoms with Crippen LogP contribution in [-0.4, -0.2) is 12.3 Å². The first-order valence-corrected chi connectivity index (χ1v) is 5.95. The number of benzene rings is 1. The second-order valence-corrected chi connectivity index (χ2v) is 4.44. The Kier molecular flexibility index (Phi) is 4.24. The summed E-state index contributed by atoms with van der Waals surface area (Å²) in [6.45, 7) is 2.05. The Labute approximate surface area is 114 Å². The number of halogens is 2. The van der Waals surface area contributed by atoms with Crippen molar-refractivity contribution >= 4 is 23.2 Å². The first-order chi connectivity index (χ1) is 8.63. The predicted molar refractivity (Wildman–Crippen MR) is 68.5 cm³/mol. The molecule has 6 heteroatoms. The quantitative estimate of drug-likeness (QED) is 0.629. The van der Waals surface area contributed by atoms with Gasteiger partial charge in [-0.3, -0.25) is 0 Å². The van der Waals surface area contributed by atoms with Crippen LogP contribution in [0.4, 0.5) is 0 Å². The Balaban J connectivity index is 2.45. The van der Waals surface area contributed by atoms with E-state index < -0.39 is 0 Å². The maximum atomic E-state index is 6.29. The molecule has 0 aliphatic rings. The van der Waals surface area contributed by atoms with Gasteiger partial charge in [0.15, 0.2) is 5.76 Å². The summed E-state index contributed by atoms with van der Waals surface area (Å²) in [5.74, 6) is 0.529. The van der Waals surface area contributed by atoms with Gasteiger partial charge in [0.25, 0.3) is 0 Å². The summed E-state index contributed by atoms with van der Waals surface area (Å²) in [5.41, 5.74) is 2.12. The molecular weight excluding hydrogens is 277 g/mol. The molecular formula is C12H11Cl2NO3. The van der Waals surface area contributed by atoms with Gasteiger partial charge in [0.1, 0.15) is 6.61 Å². The van der Waals surface area contributed by atoms with Crippen LogP contribution in [0.2, 0.25) is 10.0 Å². The van der Waals surface area contributed by atoms with Gasteiger partial charge in [-0.1, -0.05) is 34.4 Å². The van der Waals surface area contributed by atoms with Gasteiger partial charge in [0.05, 0.1) is 28.4 Å². The van der Waals surface area contributed by atoms with Gasteiger partial charge >= 0.3 is 0 Å². The fourth-order valence-corrected chi connectivity index (χ4v) is 2.15. The van der Waals surface area contributed by atoms with Gasteiger partial charge in [-0.15, -0.1) is 0 Å². The van der Waals surface area contributed by atoms with Crippen LogP contribution in [0.1, 0.15) is 11.3 Å². The zero-order chi connectivity index (χ0) is 13.1. The molecule has 0 N–H and O–H groups in total. The van der Waals surface area contributed by atoms with Gasteiger partial charge in [-0.2, -0.15) is 0 Å². The molecule has 2 rings (SSSR count). The Morgan fingerprint density at radius 2 is 2.11 bits per heavy atom. The first kappa shape index (κ1) is 13.4. The Morgan fingerprint density at radius 3 is 2.72 bits per heavy atom. The molecule has 0 aliphatic carbocycles. The lowest BCUT2D eigenvalue weighted by Gasteiger charge is -2.08. The summed E-state index contributed by atoms with van der Waals surface area (Å²) in [7, 11) is 1.44. The van der Waals surface area contributed by atoms with Gasteiger partial charge in [0, 0.05) is 11.6 Å². The van der Waals surface area contributed by atoms with E-state index in [-0.39, 0.29) is 6.61 Å². The van der Waals surface area contributed by atoms with Crippen LogP contribution in [0.25, 0.3) is 11.3 Å². The van der Waals surface area contributed by atoms with Crippen molar-refractivity contribution in [2.24, 2.45) is 0 Å². The highest BCUT2D eigenvalue weighted by molar-refractivity contribution is 6.39. The van der Waals surface area contributed by atoms with Crippen molar-refractivity contribution in [3.8, 4) is 11.3 Å². The molecule has 4 nitrogen and oxygen atoms in total. The molecule has 0 fully saturated rings. The third kappa shape index (κ3) is 2.67. The zero-order valence-electron chi connectivity index (χ0n) is 9.87. The minimum absolute atomic E-state index is 0.229. The molecule has 0 unspecified atom stereocenters. The summed E-state index contributed by atoms with van der Waals surface area (Å²) in [4.78, 5) is 9.42. The van der Waals surface area contributed by atoms with Crippen molar-refractivity contribution < 1.29 is 14.3 Å². The number of hydrogen-bond donors (Lipinski definition) is 0. The molecule has 1 aromatic heterocycles. The summed E-state index contributed by atoms with van der Waals surface area (Å²) in [5, 5.41) is 4.78. The number of aryl methyl sites for hydroxylation is 1. The molecule has 1 aromatic carbocycles. The highest BCUT2D eigenvalue weighted by atomic mass is 35.5. The van der Waals surface area contributed by atoms with Crippen LogP contribution in [0.5, 0.6) is 0 Å². The molecule has 0 spiro atoms. The van der Waals surface area contributed by atoms with Crippen LogP contribution < -0.4 is 0 Å². The lowest BCUT2D eigenvalue weighted by atomic mass is 10.1. The van der Waals surface area contributed by atoms with Gasteiger partial charge < -0.3 is 4.52 Å². The van der Waals surface area contributed by atoms with E-state index in [0.717, 1.165) is 11.3 Å². The van der Waals surface area contributed by atoms with Gasteiger partial charge in [-0.05, 0) is 13.0 Å². The lowest BCUT2D eigenvalue weighted by Crippen LogP contribution is -1.94. The normalized spacial score (nSPS) is 10.9. The lowest BCUT2D eigenvalue weighted by molar-refractivity contribution is -0.282. The van der Waals surface area contributed by atoms with E-state index in [1.54, 1.807) is 18.2 Å². The number of aromatic nitrogens is 1. The standard InChI is InChI=1S/C12H11Cl2NO3/c1-7-5-10(18-15-7)11-9(13)4-3-8(12(11)14)6-17-16-2/h3-5H,6H2,1-2H3. The molecule has 0 aliphatic heterocycles. The Bertz CT molecular complexity index is 554. The maximum Gasteiger partial charge on any atom is 0.170 e. The molecule has 0 bridgehead atoms.